The van der Waals surface area contributed by atoms with Gasteiger partial charge >= 0.3 is 0 Å². The summed E-state index contributed by atoms with van der Waals surface area (Å²) in [5.41, 5.74) is 2.54. The molecule has 2 aromatic rings. The van der Waals surface area contributed by atoms with Crippen LogP contribution in [-0.2, 0) is 7.05 Å². The minimum Gasteiger partial charge on any atom is -0.272 e. The molecule has 0 atom stereocenters. The third-order valence-corrected chi connectivity index (χ3v) is 2.35. The summed E-state index contributed by atoms with van der Waals surface area (Å²) in [6.45, 7) is 3.76. The largest absolute Gasteiger partial charge is 0.272 e. The van der Waals surface area contributed by atoms with Crippen molar-refractivity contribution in [1.29, 1.82) is 0 Å². The normalized spacial score (nSPS) is 10.7. The van der Waals surface area contributed by atoms with Crippen molar-refractivity contribution < 1.29 is 4.39 Å². The average Bonchev–Trinajstić information content (AvgIpc) is 2.41. The van der Waals surface area contributed by atoms with Gasteiger partial charge in [0.25, 0.3) is 0 Å². The predicted octanol–water partition coefficient (Wildman–Crippen LogP) is 1.63. The maximum Gasteiger partial charge on any atom is 0.216 e. The van der Waals surface area contributed by atoms with Gasteiger partial charge in [-0.2, -0.15) is 14.5 Å². The Bertz CT molecular complexity index is 504. The Balaban J connectivity index is 2.63. The van der Waals surface area contributed by atoms with E-state index in [9.17, 15) is 4.39 Å². The van der Waals surface area contributed by atoms with Crippen LogP contribution in [0.5, 0.6) is 0 Å². The zero-order valence-electron chi connectivity index (χ0n) is 8.82. The molecule has 0 aliphatic carbocycles. The molecule has 4 nitrogen and oxygen atoms in total. The van der Waals surface area contributed by atoms with Crippen LogP contribution in [0.1, 0.15) is 11.4 Å². The molecule has 0 radical (unpaired) electrons. The van der Waals surface area contributed by atoms with Crippen LogP contribution in [0.15, 0.2) is 12.3 Å². The summed E-state index contributed by atoms with van der Waals surface area (Å²) in [6.07, 6.45) is 1.41. The van der Waals surface area contributed by atoms with E-state index in [0.29, 0.717) is 5.82 Å². The van der Waals surface area contributed by atoms with Crippen LogP contribution < -0.4 is 0 Å². The SMILES string of the molecule is Cc1nn(C)c(C)c1-c1nccc(F)n1. The first-order valence-corrected chi connectivity index (χ1v) is 4.58. The van der Waals surface area contributed by atoms with Crippen LogP contribution in [0.25, 0.3) is 11.4 Å². The van der Waals surface area contributed by atoms with Gasteiger partial charge in [-0.3, -0.25) is 4.68 Å². The molecule has 78 valence electrons. The maximum absolute atomic E-state index is 12.9. The van der Waals surface area contributed by atoms with Gasteiger partial charge in [-0.15, -0.1) is 0 Å². The second-order valence-corrected chi connectivity index (χ2v) is 3.37. The molecule has 0 unspecified atom stereocenters. The standard InChI is InChI=1S/C10H11FN4/c1-6-9(7(2)15(3)14-6)10-12-5-4-8(11)13-10/h4-5H,1-3H3. The summed E-state index contributed by atoms with van der Waals surface area (Å²) < 4.78 is 14.7. The van der Waals surface area contributed by atoms with E-state index in [2.05, 4.69) is 15.1 Å². The van der Waals surface area contributed by atoms with Crippen molar-refractivity contribution in [2.45, 2.75) is 13.8 Å². The van der Waals surface area contributed by atoms with E-state index in [1.165, 1.54) is 12.3 Å². The molecular formula is C10H11FN4. The molecule has 0 saturated carbocycles. The number of nitrogens with zero attached hydrogens (tertiary/aromatic N) is 4. The first kappa shape index (κ1) is 9.76. The monoisotopic (exact) mass is 206 g/mol. The van der Waals surface area contributed by atoms with Crippen LogP contribution in [-0.4, -0.2) is 19.7 Å². The Labute approximate surface area is 86.8 Å². The summed E-state index contributed by atoms with van der Waals surface area (Å²) in [6, 6.07) is 1.23. The number of hydrogen-bond donors (Lipinski definition) is 0. The number of halogens is 1. The third kappa shape index (κ3) is 1.60. The van der Waals surface area contributed by atoms with E-state index < -0.39 is 5.95 Å². The highest BCUT2D eigenvalue weighted by atomic mass is 19.1. The van der Waals surface area contributed by atoms with E-state index >= 15 is 0 Å². The van der Waals surface area contributed by atoms with Crippen LogP contribution in [0, 0.1) is 19.8 Å². The minimum absolute atomic E-state index is 0.387. The molecule has 15 heavy (non-hydrogen) atoms. The van der Waals surface area contributed by atoms with Crippen LogP contribution >= 0.6 is 0 Å². The Hall–Kier alpha value is -1.78. The fourth-order valence-corrected chi connectivity index (χ4v) is 1.55. The second kappa shape index (κ2) is 3.42. The van der Waals surface area contributed by atoms with Gasteiger partial charge in [-0.25, -0.2) is 4.98 Å². The van der Waals surface area contributed by atoms with E-state index in [1.54, 1.807) is 4.68 Å². The molecule has 0 amide bonds. The van der Waals surface area contributed by atoms with Gasteiger partial charge in [-0.1, -0.05) is 0 Å². The average molecular weight is 206 g/mol. The highest BCUT2D eigenvalue weighted by molar-refractivity contribution is 5.60. The Morgan fingerprint density at radius 2 is 2.07 bits per heavy atom. The van der Waals surface area contributed by atoms with Gasteiger partial charge in [0.05, 0.1) is 11.3 Å². The molecule has 2 heterocycles. The van der Waals surface area contributed by atoms with Gasteiger partial charge in [-0.05, 0) is 13.8 Å². The first-order chi connectivity index (χ1) is 7.09. The van der Waals surface area contributed by atoms with Gasteiger partial charge in [0.15, 0.2) is 5.82 Å². The maximum atomic E-state index is 12.9. The fraction of sp³-hybridized carbons (Fsp3) is 0.300. The zero-order valence-corrected chi connectivity index (χ0v) is 8.82. The molecule has 0 bridgehead atoms. The van der Waals surface area contributed by atoms with Gasteiger partial charge < -0.3 is 0 Å². The molecule has 0 aliphatic rings. The summed E-state index contributed by atoms with van der Waals surface area (Å²) >= 11 is 0. The van der Waals surface area contributed by atoms with E-state index in [1.807, 2.05) is 20.9 Å². The summed E-state index contributed by atoms with van der Waals surface area (Å²) in [7, 11) is 1.84. The lowest BCUT2D eigenvalue weighted by Crippen LogP contribution is -1.95. The lowest BCUT2D eigenvalue weighted by molar-refractivity contribution is 0.581. The number of rotatable bonds is 1. The van der Waals surface area contributed by atoms with E-state index in [0.717, 1.165) is 17.0 Å². The third-order valence-electron chi connectivity index (χ3n) is 2.35. The van der Waals surface area contributed by atoms with Crippen molar-refractivity contribution in [3.05, 3.63) is 29.6 Å². The van der Waals surface area contributed by atoms with Gasteiger partial charge in [0.2, 0.25) is 5.95 Å². The minimum atomic E-state index is -0.525. The Morgan fingerprint density at radius 3 is 2.60 bits per heavy atom. The van der Waals surface area contributed by atoms with Crippen molar-refractivity contribution in [1.82, 2.24) is 19.7 Å². The predicted molar refractivity (Wildman–Crippen MR) is 53.7 cm³/mol. The van der Waals surface area contributed by atoms with E-state index in [-0.39, 0.29) is 0 Å². The van der Waals surface area contributed by atoms with Crippen molar-refractivity contribution in [2.75, 3.05) is 0 Å². The first-order valence-electron chi connectivity index (χ1n) is 4.58. The molecule has 2 rings (SSSR count). The summed E-state index contributed by atoms with van der Waals surface area (Å²) in [5, 5.41) is 4.23. The van der Waals surface area contributed by atoms with Crippen molar-refractivity contribution >= 4 is 0 Å². The number of aryl methyl sites for hydroxylation is 2. The zero-order chi connectivity index (χ0) is 11.0. The van der Waals surface area contributed by atoms with Crippen LogP contribution in [0.4, 0.5) is 4.39 Å². The smallest absolute Gasteiger partial charge is 0.216 e. The van der Waals surface area contributed by atoms with Crippen LogP contribution in [0.2, 0.25) is 0 Å². The lowest BCUT2D eigenvalue weighted by atomic mass is 10.2. The molecule has 0 aliphatic heterocycles. The molecule has 0 N–H and O–H groups in total. The lowest BCUT2D eigenvalue weighted by Gasteiger charge is -1.99. The van der Waals surface area contributed by atoms with Crippen LogP contribution in [0.3, 0.4) is 0 Å². The Kier molecular flexibility index (Phi) is 2.22. The van der Waals surface area contributed by atoms with Crippen molar-refractivity contribution in [3.63, 3.8) is 0 Å². The van der Waals surface area contributed by atoms with E-state index in [4.69, 9.17) is 0 Å². The topological polar surface area (TPSA) is 43.6 Å². The molecule has 2 aromatic heterocycles. The molecule has 0 fully saturated rings. The molecule has 0 spiro atoms. The molecule has 0 saturated heterocycles. The highest BCUT2D eigenvalue weighted by Crippen LogP contribution is 2.22. The highest BCUT2D eigenvalue weighted by Gasteiger charge is 2.14. The second-order valence-electron chi connectivity index (χ2n) is 3.37. The molecular weight excluding hydrogens is 195 g/mol. The number of hydrogen-bond acceptors (Lipinski definition) is 3. The number of aromatic nitrogens is 4. The summed E-state index contributed by atoms with van der Waals surface area (Å²) in [5.74, 6) is -0.138. The quantitative estimate of drug-likeness (QED) is 0.666. The van der Waals surface area contributed by atoms with Gasteiger partial charge in [0, 0.05) is 25.0 Å². The molecule has 5 heteroatoms. The van der Waals surface area contributed by atoms with Crippen molar-refractivity contribution in [2.24, 2.45) is 7.05 Å². The fourth-order valence-electron chi connectivity index (χ4n) is 1.55. The summed E-state index contributed by atoms with van der Waals surface area (Å²) in [4.78, 5) is 7.79. The van der Waals surface area contributed by atoms with Crippen molar-refractivity contribution in [3.8, 4) is 11.4 Å². The Morgan fingerprint density at radius 1 is 1.33 bits per heavy atom. The van der Waals surface area contributed by atoms with Gasteiger partial charge in [0.1, 0.15) is 0 Å². The molecule has 0 aromatic carbocycles.